The van der Waals surface area contributed by atoms with E-state index < -0.39 is 0 Å². The van der Waals surface area contributed by atoms with E-state index in [9.17, 15) is 0 Å². The average molecular weight is 280 g/mol. The molecule has 1 N–H and O–H groups in total. The molecule has 20 heavy (non-hydrogen) atoms. The number of nitrogens with zero attached hydrogens (tertiary/aromatic N) is 3. The largest absolute Gasteiger partial charge is 0.407 e. The van der Waals surface area contributed by atoms with Crippen LogP contribution >= 0.6 is 0 Å². The van der Waals surface area contributed by atoms with Crippen LogP contribution < -0.4 is 10.2 Å². The summed E-state index contributed by atoms with van der Waals surface area (Å²) in [5, 5.41) is 11.7. The van der Waals surface area contributed by atoms with Gasteiger partial charge in [0, 0.05) is 18.6 Å². The normalized spacial score (nSPS) is 20.7. The lowest BCUT2D eigenvalue weighted by molar-refractivity contribution is 0.263. The second kappa shape index (κ2) is 5.35. The maximum Gasteiger partial charge on any atom is 0.318 e. The topological polar surface area (TPSA) is 54.2 Å². The third-order valence-corrected chi connectivity index (χ3v) is 3.91. The molecule has 0 bridgehead atoms. The van der Waals surface area contributed by atoms with Crippen LogP contribution in [0.2, 0.25) is 0 Å². The Morgan fingerprint density at radius 2 is 1.90 bits per heavy atom. The Hall–Kier alpha value is -1.10. The second-order valence-corrected chi connectivity index (χ2v) is 7.88. The SMILES string of the molecule is CC(C)(C)NCc1nnc(N2CCC(C(C)(C)C)C2)o1. The lowest BCUT2D eigenvalue weighted by atomic mass is 9.80. The molecule has 5 heteroatoms. The van der Waals surface area contributed by atoms with E-state index in [0.717, 1.165) is 13.1 Å². The Balaban J connectivity index is 1.93. The lowest BCUT2D eigenvalue weighted by Crippen LogP contribution is -2.35. The van der Waals surface area contributed by atoms with Crippen molar-refractivity contribution in [3.05, 3.63) is 5.89 Å². The molecule has 0 aromatic carbocycles. The Kier molecular flexibility index (Phi) is 4.09. The first-order valence-corrected chi connectivity index (χ1v) is 7.47. The zero-order valence-corrected chi connectivity index (χ0v) is 13.7. The molecule has 1 aliphatic rings. The van der Waals surface area contributed by atoms with Crippen molar-refractivity contribution < 1.29 is 4.42 Å². The minimum atomic E-state index is 0.0552. The van der Waals surface area contributed by atoms with Crippen molar-refractivity contribution in [3.8, 4) is 0 Å². The third-order valence-electron chi connectivity index (χ3n) is 3.91. The van der Waals surface area contributed by atoms with Crippen molar-refractivity contribution in [1.82, 2.24) is 15.5 Å². The van der Waals surface area contributed by atoms with Crippen LogP contribution in [0.4, 0.5) is 6.01 Å². The summed E-state index contributed by atoms with van der Waals surface area (Å²) in [5.74, 6) is 1.35. The second-order valence-electron chi connectivity index (χ2n) is 7.88. The molecule has 2 heterocycles. The molecule has 1 aliphatic heterocycles. The highest BCUT2D eigenvalue weighted by Gasteiger charge is 2.33. The van der Waals surface area contributed by atoms with Gasteiger partial charge in [-0.3, -0.25) is 0 Å². The van der Waals surface area contributed by atoms with Crippen molar-refractivity contribution >= 4 is 6.01 Å². The maximum atomic E-state index is 5.77. The minimum absolute atomic E-state index is 0.0552. The smallest absolute Gasteiger partial charge is 0.318 e. The van der Waals surface area contributed by atoms with Gasteiger partial charge in [-0.1, -0.05) is 25.9 Å². The van der Waals surface area contributed by atoms with E-state index in [1.165, 1.54) is 6.42 Å². The standard InChI is InChI=1S/C15H28N4O/c1-14(2,3)11-7-8-19(10-11)13-18-17-12(20-13)9-16-15(4,5)6/h11,16H,7-10H2,1-6H3. The summed E-state index contributed by atoms with van der Waals surface area (Å²) < 4.78 is 5.77. The Morgan fingerprint density at radius 1 is 1.20 bits per heavy atom. The number of anilines is 1. The summed E-state index contributed by atoms with van der Waals surface area (Å²) in [6.45, 7) is 15.9. The van der Waals surface area contributed by atoms with Gasteiger partial charge in [-0.25, -0.2) is 0 Å². The first-order chi connectivity index (χ1) is 9.15. The highest BCUT2D eigenvalue weighted by Crippen LogP contribution is 2.35. The van der Waals surface area contributed by atoms with E-state index in [-0.39, 0.29) is 5.54 Å². The van der Waals surface area contributed by atoms with E-state index in [4.69, 9.17) is 4.42 Å². The van der Waals surface area contributed by atoms with Gasteiger partial charge in [-0.15, -0.1) is 5.10 Å². The molecule has 2 rings (SSSR count). The van der Waals surface area contributed by atoms with Crippen molar-refractivity contribution in [2.45, 2.75) is 60.0 Å². The summed E-state index contributed by atoms with van der Waals surface area (Å²) in [6, 6.07) is 0.669. The van der Waals surface area contributed by atoms with Gasteiger partial charge in [0.1, 0.15) is 0 Å². The highest BCUT2D eigenvalue weighted by molar-refractivity contribution is 5.26. The third kappa shape index (κ3) is 3.95. The van der Waals surface area contributed by atoms with Crippen LogP contribution in [0.5, 0.6) is 0 Å². The van der Waals surface area contributed by atoms with Crippen LogP contribution in [-0.4, -0.2) is 28.8 Å². The molecule has 5 nitrogen and oxygen atoms in total. The first-order valence-electron chi connectivity index (χ1n) is 7.47. The molecule has 1 fully saturated rings. The quantitative estimate of drug-likeness (QED) is 0.922. The molecule has 1 atom stereocenters. The molecule has 0 spiro atoms. The molecule has 1 unspecified atom stereocenters. The molecular weight excluding hydrogens is 252 g/mol. The summed E-state index contributed by atoms with van der Waals surface area (Å²) in [4.78, 5) is 2.21. The van der Waals surface area contributed by atoms with Crippen LogP contribution in [0, 0.1) is 11.3 Å². The van der Waals surface area contributed by atoms with Crippen molar-refractivity contribution in [2.24, 2.45) is 11.3 Å². The first kappa shape index (κ1) is 15.3. The van der Waals surface area contributed by atoms with Gasteiger partial charge in [-0.05, 0) is 38.5 Å². The van der Waals surface area contributed by atoms with Gasteiger partial charge in [0.15, 0.2) is 0 Å². The van der Waals surface area contributed by atoms with Gasteiger partial charge in [0.2, 0.25) is 5.89 Å². The summed E-state index contributed by atoms with van der Waals surface area (Å²) in [5.41, 5.74) is 0.394. The molecule has 0 amide bonds. The molecule has 1 aromatic rings. The Morgan fingerprint density at radius 3 is 2.45 bits per heavy atom. The van der Waals surface area contributed by atoms with Crippen LogP contribution in [0.15, 0.2) is 4.42 Å². The predicted octanol–water partition coefficient (Wildman–Crippen LogP) is 2.83. The van der Waals surface area contributed by atoms with Gasteiger partial charge in [-0.2, -0.15) is 0 Å². The van der Waals surface area contributed by atoms with E-state index in [2.05, 4.69) is 62.0 Å². The lowest BCUT2D eigenvalue weighted by Gasteiger charge is -2.26. The summed E-state index contributed by atoms with van der Waals surface area (Å²) >= 11 is 0. The van der Waals surface area contributed by atoms with Crippen molar-refractivity contribution in [2.75, 3.05) is 18.0 Å². The van der Waals surface area contributed by atoms with E-state index in [1.807, 2.05) is 0 Å². The number of aromatic nitrogens is 2. The summed E-state index contributed by atoms with van der Waals surface area (Å²) in [7, 11) is 0. The predicted molar refractivity (Wildman–Crippen MR) is 80.7 cm³/mol. The zero-order valence-electron chi connectivity index (χ0n) is 13.7. The molecule has 1 saturated heterocycles. The number of nitrogens with one attached hydrogen (secondary N) is 1. The van der Waals surface area contributed by atoms with Crippen molar-refractivity contribution in [1.29, 1.82) is 0 Å². The van der Waals surface area contributed by atoms with E-state index in [1.54, 1.807) is 0 Å². The van der Waals surface area contributed by atoms with E-state index >= 15 is 0 Å². The van der Waals surface area contributed by atoms with Gasteiger partial charge < -0.3 is 14.6 Å². The fraction of sp³-hybridized carbons (Fsp3) is 0.867. The van der Waals surface area contributed by atoms with Gasteiger partial charge in [0.25, 0.3) is 0 Å². The van der Waals surface area contributed by atoms with Crippen LogP contribution in [-0.2, 0) is 6.54 Å². The monoisotopic (exact) mass is 280 g/mol. The molecule has 0 saturated carbocycles. The molecule has 1 aromatic heterocycles. The number of hydrogen-bond donors (Lipinski definition) is 1. The molecule has 114 valence electrons. The molecular formula is C15H28N4O. The Labute approximate surface area is 122 Å². The van der Waals surface area contributed by atoms with Gasteiger partial charge >= 0.3 is 6.01 Å². The molecule has 0 radical (unpaired) electrons. The van der Waals surface area contributed by atoms with Gasteiger partial charge in [0.05, 0.1) is 6.54 Å². The summed E-state index contributed by atoms with van der Waals surface area (Å²) in [6.07, 6.45) is 1.20. The Bertz CT molecular complexity index is 441. The van der Waals surface area contributed by atoms with Crippen LogP contribution in [0.25, 0.3) is 0 Å². The molecule has 0 aliphatic carbocycles. The highest BCUT2D eigenvalue weighted by atomic mass is 16.4. The van der Waals surface area contributed by atoms with E-state index in [0.29, 0.717) is 29.8 Å². The number of hydrogen-bond acceptors (Lipinski definition) is 5. The fourth-order valence-electron chi connectivity index (χ4n) is 2.43. The fourth-order valence-corrected chi connectivity index (χ4v) is 2.43. The van der Waals surface area contributed by atoms with Crippen molar-refractivity contribution in [3.63, 3.8) is 0 Å². The van der Waals surface area contributed by atoms with Crippen LogP contribution in [0.3, 0.4) is 0 Å². The zero-order chi connectivity index (χ0) is 15.0. The number of rotatable bonds is 3. The maximum absolute atomic E-state index is 5.77. The van der Waals surface area contributed by atoms with Crippen LogP contribution in [0.1, 0.15) is 53.9 Å². The minimum Gasteiger partial charge on any atom is -0.407 e. The average Bonchev–Trinajstić information content (AvgIpc) is 2.93.